The summed E-state index contributed by atoms with van der Waals surface area (Å²) < 4.78 is 5.85. The number of halogens is 1. The number of hydrogen-bond donors (Lipinski definition) is 0. The molecule has 1 aliphatic rings. The van der Waals surface area contributed by atoms with E-state index in [0.717, 1.165) is 44.0 Å². The van der Waals surface area contributed by atoms with Crippen molar-refractivity contribution in [3.8, 4) is 5.75 Å². The van der Waals surface area contributed by atoms with Gasteiger partial charge in [0, 0.05) is 36.8 Å². The third kappa shape index (κ3) is 7.15. The third-order valence-corrected chi connectivity index (χ3v) is 5.27. The monoisotopic (exact) mass is 430 g/mol. The van der Waals surface area contributed by atoms with Crippen LogP contribution in [0.25, 0.3) is 0 Å². The van der Waals surface area contributed by atoms with Crippen LogP contribution in [0.15, 0.2) is 48.5 Å². The second-order valence-corrected chi connectivity index (χ2v) is 8.26. The minimum absolute atomic E-state index is 0.00252. The summed E-state index contributed by atoms with van der Waals surface area (Å²) in [6, 6.07) is 14.5. The summed E-state index contributed by atoms with van der Waals surface area (Å²) in [6.07, 6.45) is 0.785. The number of aryl methyl sites for hydroxylation is 1. The van der Waals surface area contributed by atoms with Crippen molar-refractivity contribution < 1.29 is 14.3 Å². The van der Waals surface area contributed by atoms with Crippen molar-refractivity contribution in [2.24, 2.45) is 0 Å². The molecular weight excluding hydrogens is 400 g/mol. The molecule has 0 bridgehead atoms. The molecule has 2 aromatic rings. The molecule has 0 aromatic heterocycles. The second-order valence-electron chi connectivity index (χ2n) is 7.82. The SMILES string of the molecule is CCN1CCN(C(=O)C(C)(C)Oc2ccc(C=O)cc2)CC1.Cc1ccc(Cl)cc1. The van der Waals surface area contributed by atoms with Crippen molar-refractivity contribution in [2.75, 3.05) is 32.7 Å². The van der Waals surface area contributed by atoms with Crippen molar-refractivity contribution in [2.45, 2.75) is 33.3 Å². The predicted molar refractivity (Wildman–Crippen MR) is 121 cm³/mol. The minimum atomic E-state index is -0.920. The molecule has 0 N–H and O–H groups in total. The highest BCUT2D eigenvalue weighted by Crippen LogP contribution is 2.21. The summed E-state index contributed by atoms with van der Waals surface area (Å²) in [5, 5.41) is 0.801. The lowest BCUT2D eigenvalue weighted by molar-refractivity contribution is -0.147. The molecule has 1 amide bonds. The van der Waals surface area contributed by atoms with Crippen molar-refractivity contribution in [3.05, 3.63) is 64.7 Å². The van der Waals surface area contributed by atoms with Crippen LogP contribution in [-0.4, -0.2) is 60.3 Å². The maximum atomic E-state index is 12.7. The summed E-state index contributed by atoms with van der Waals surface area (Å²) in [4.78, 5) is 27.5. The Morgan fingerprint density at radius 2 is 1.60 bits per heavy atom. The van der Waals surface area contributed by atoms with Crippen LogP contribution in [0.4, 0.5) is 0 Å². The molecule has 0 spiro atoms. The van der Waals surface area contributed by atoms with Gasteiger partial charge in [-0.05, 0) is 63.7 Å². The molecule has 0 atom stereocenters. The molecule has 30 heavy (non-hydrogen) atoms. The van der Waals surface area contributed by atoms with Crippen molar-refractivity contribution in [3.63, 3.8) is 0 Å². The van der Waals surface area contributed by atoms with Gasteiger partial charge in [-0.15, -0.1) is 0 Å². The van der Waals surface area contributed by atoms with Crippen LogP contribution >= 0.6 is 11.6 Å². The van der Waals surface area contributed by atoms with Gasteiger partial charge in [0.25, 0.3) is 5.91 Å². The van der Waals surface area contributed by atoms with Crippen LogP contribution < -0.4 is 4.74 Å². The molecule has 5 nitrogen and oxygen atoms in total. The first kappa shape index (κ1) is 23.9. The number of benzene rings is 2. The van der Waals surface area contributed by atoms with Crippen molar-refractivity contribution >= 4 is 23.8 Å². The van der Waals surface area contributed by atoms with Gasteiger partial charge in [0.15, 0.2) is 5.60 Å². The number of piperazine rings is 1. The van der Waals surface area contributed by atoms with Crippen molar-refractivity contribution in [1.29, 1.82) is 0 Å². The summed E-state index contributed by atoms with van der Waals surface area (Å²) in [6.45, 7) is 12.1. The molecule has 0 unspecified atom stereocenters. The molecular formula is C24H31ClN2O3. The lowest BCUT2D eigenvalue weighted by Crippen LogP contribution is -2.55. The lowest BCUT2D eigenvalue weighted by Gasteiger charge is -2.38. The van der Waals surface area contributed by atoms with Crippen LogP contribution in [0.1, 0.15) is 36.7 Å². The summed E-state index contributed by atoms with van der Waals surface area (Å²) in [5.74, 6) is 0.596. The van der Waals surface area contributed by atoms with Gasteiger partial charge in [0.05, 0.1) is 0 Å². The third-order valence-electron chi connectivity index (χ3n) is 5.02. The lowest BCUT2D eigenvalue weighted by atomic mass is 10.1. The van der Waals surface area contributed by atoms with Crippen LogP contribution in [0.3, 0.4) is 0 Å². The van der Waals surface area contributed by atoms with E-state index in [0.29, 0.717) is 11.3 Å². The van der Waals surface area contributed by atoms with Crippen LogP contribution in [0.2, 0.25) is 5.02 Å². The van der Waals surface area contributed by atoms with E-state index in [-0.39, 0.29) is 5.91 Å². The Labute approximate surface area is 184 Å². The molecule has 0 saturated carbocycles. The minimum Gasteiger partial charge on any atom is -0.478 e. The number of carbonyl (C=O) groups excluding carboxylic acids is 2. The van der Waals surface area contributed by atoms with Crippen molar-refractivity contribution in [1.82, 2.24) is 9.80 Å². The molecule has 1 fully saturated rings. The number of ether oxygens (including phenoxy) is 1. The van der Waals surface area contributed by atoms with Gasteiger partial charge < -0.3 is 14.5 Å². The average molecular weight is 431 g/mol. The summed E-state index contributed by atoms with van der Waals surface area (Å²) in [7, 11) is 0. The Kier molecular flexibility index (Phi) is 8.88. The van der Waals surface area contributed by atoms with E-state index < -0.39 is 5.60 Å². The fraction of sp³-hybridized carbons (Fsp3) is 0.417. The molecule has 0 radical (unpaired) electrons. The molecule has 0 aliphatic carbocycles. The number of nitrogens with zero attached hydrogens (tertiary/aromatic N) is 2. The largest absolute Gasteiger partial charge is 0.478 e. The van der Waals surface area contributed by atoms with Gasteiger partial charge in [0.2, 0.25) is 0 Å². The van der Waals surface area contributed by atoms with Gasteiger partial charge in [-0.1, -0.05) is 36.2 Å². The van der Waals surface area contributed by atoms with E-state index in [1.165, 1.54) is 5.56 Å². The van der Waals surface area contributed by atoms with E-state index in [1.807, 2.05) is 36.1 Å². The first-order valence-corrected chi connectivity index (χ1v) is 10.6. The number of rotatable bonds is 5. The number of likely N-dealkylation sites (N-methyl/N-ethyl adjacent to an activating group) is 1. The molecule has 2 aromatic carbocycles. The quantitative estimate of drug-likeness (QED) is 0.657. The maximum absolute atomic E-state index is 12.7. The van der Waals surface area contributed by atoms with Gasteiger partial charge >= 0.3 is 0 Å². The normalized spacial score (nSPS) is 14.5. The summed E-state index contributed by atoms with van der Waals surface area (Å²) >= 11 is 5.61. The zero-order valence-corrected chi connectivity index (χ0v) is 19.0. The van der Waals surface area contributed by atoms with Crippen LogP contribution in [0, 0.1) is 6.92 Å². The smallest absolute Gasteiger partial charge is 0.266 e. The van der Waals surface area contributed by atoms with Gasteiger partial charge in [-0.3, -0.25) is 9.59 Å². The highest BCUT2D eigenvalue weighted by Gasteiger charge is 2.35. The number of hydrogen-bond acceptors (Lipinski definition) is 4. The number of carbonyl (C=O) groups is 2. The second kappa shape index (κ2) is 11.1. The Morgan fingerprint density at radius 3 is 2.07 bits per heavy atom. The molecule has 1 heterocycles. The predicted octanol–water partition coefficient (Wildman–Crippen LogP) is 4.47. The first-order chi connectivity index (χ1) is 14.2. The van der Waals surface area contributed by atoms with Gasteiger partial charge in [-0.25, -0.2) is 0 Å². The maximum Gasteiger partial charge on any atom is 0.266 e. The first-order valence-electron chi connectivity index (χ1n) is 10.2. The van der Waals surface area contributed by atoms with E-state index >= 15 is 0 Å². The topological polar surface area (TPSA) is 49.9 Å². The zero-order chi connectivity index (χ0) is 22.1. The van der Waals surface area contributed by atoms with Crippen LogP contribution in [-0.2, 0) is 4.79 Å². The Bertz CT molecular complexity index is 790. The van der Waals surface area contributed by atoms with Gasteiger partial charge in [0.1, 0.15) is 12.0 Å². The molecule has 1 aliphatic heterocycles. The Balaban J connectivity index is 0.000000335. The highest BCUT2D eigenvalue weighted by molar-refractivity contribution is 6.30. The van der Waals surface area contributed by atoms with E-state index in [2.05, 4.69) is 11.8 Å². The Hall–Kier alpha value is -2.37. The number of aldehydes is 1. The molecule has 1 saturated heterocycles. The molecule has 6 heteroatoms. The number of amides is 1. The fourth-order valence-corrected chi connectivity index (χ4v) is 3.26. The molecule has 162 valence electrons. The summed E-state index contributed by atoms with van der Waals surface area (Å²) in [5.41, 5.74) is 0.915. The van der Waals surface area contributed by atoms with E-state index in [4.69, 9.17) is 16.3 Å². The Morgan fingerprint density at radius 1 is 1.03 bits per heavy atom. The average Bonchev–Trinajstić information content (AvgIpc) is 2.76. The van der Waals surface area contributed by atoms with E-state index in [9.17, 15) is 9.59 Å². The van der Waals surface area contributed by atoms with E-state index in [1.54, 1.807) is 38.1 Å². The standard InChI is InChI=1S/C17H24N2O3.C7H7Cl/c1-4-18-9-11-19(12-10-18)16(21)17(2,3)22-15-7-5-14(13-20)6-8-15;1-6-2-4-7(8)5-3-6/h5-8,13H,4,9-12H2,1-3H3;2-5H,1H3. The fourth-order valence-electron chi connectivity index (χ4n) is 3.13. The van der Waals surface area contributed by atoms with Crippen LogP contribution in [0.5, 0.6) is 5.75 Å². The zero-order valence-electron chi connectivity index (χ0n) is 18.2. The van der Waals surface area contributed by atoms with Gasteiger partial charge in [-0.2, -0.15) is 0 Å². The molecule has 3 rings (SSSR count). The highest BCUT2D eigenvalue weighted by atomic mass is 35.5.